The monoisotopic (exact) mass is 209 g/mol. The quantitative estimate of drug-likeness (QED) is 0.764. The average Bonchev–Trinajstić information content (AvgIpc) is 2.80. The van der Waals surface area contributed by atoms with Gasteiger partial charge in [0, 0.05) is 13.1 Å². The van der Waals surface area contributed by atoms with Gasteiger partial charge in [-0.3, -0.25) is 0 Å². The zero-order chi connectivity index (χ0) is 10.5. The van der Waals surface area contributed by atoms with Gasteiger partial charge in [-0.1, -0.05) is 26.2 Å². The van der Waals surface area contributed by atoms with Gasteiger partial charge in [0.05, 0.1) is 0 Å². The van der Waals surface area contributed by atoms with Crippen LogP contribution < -0.4 is 4.90 Å². The minimum absolute atomic E-state index is 0.754. The van der Waals surface area contributed by atoms with Crippen LogP contribution in [0.1, 0.15) is 39.0 Å². The van der Waals surface area contributed by atoms with Crippen molar-refractivity contribution in [3.05, 3.63) is 6.39 Å². The number of nitrogens with zero attached hydrogens (tertiary/aromatic N) is 3. The summed E-state index contributed by atoms with van der Waals surface area (Å²) in [5, 5.41) is 3.87. The third kappa shape index (κ3) is 2.70. The Kier molecular flexibility index (Phi) is 3.59. The molecule has 84 valence electrons. The summed E-state index contributed by atoms with van der Waals surface area (Å²) in [6, 6.07) is 0. The smallest absolute Gasteiger partial charge is 0.265 e. The molecule has 0 aliphatic carbocycles. The van der Waals surface area contributed by atoms with E-state index in [4.69, 9.17) is 4.52 Å². The second-order valence-electron chi connectivity index (χ2n) is 4.30. The van der Waals surface area contributed by atoms with Crippen LogP contribution in [-0.4, -0.2) is 23.2 Å². The molecule has 1 fully saturated rings. The van der Waals surface area contributed by atoms with Crippen LogP contribution in [0.25, 0.3) is 0 Å². The Balaban J connectivity index is 1.77. The maximum absolute atomic E-state index is 4.76. The van der Waals surface area contributed by atoms with Crippen LogP contribution in [0, 0.1) is 5.92 Å². The first-order valence-electron chi connectivity index (χ1n) is 5.91. The molecule has 0 saturated carbocycles. The zero-order valence-electron chi connectivity index (χ0n) is 9.35. The highest BCUT2D eigenvalue weighted by Crippen LogP contribution is 2.24. The number of aromatic nitrogens is 2. The van der Waals surface area contributed by atoms with E-state index in [-0.39, 0.29) is 0 Å². The van der Waals surface area contributed by atoms with E-state index in [0.717, 1.165) is 25.0 Å². The fourth-order valence-electron chi connectivity index (χ4n) is 2.22. The summed E-state index contributed by atoms with van der Waals surface area (Å²) in [5.74, 6) is 1.66. The van der Waals surface area contributed by atoms with Crippen molar-refractivity contribution in [1.82, 2.24) is 10.1 Å². The molecule has 4 heteroatoms. The van der Waals surface area contributed by atoms with Crippen LogP contribution in [0.15, 0.2) is 10.9 Å². The van der Waals surface area contributed by atoms with Crippen LogP contribution in [-0.2, 0) is 0 Å². The molecule has 2 heterocycles. The normalized spacial score (nSPS) is 18.3. The summed E-state index contributed by atoms with van der Waals surface area (Å²) in [7, 11) is 0. The molecule has 0 amide bonds. The molecule has 1 saturated heterocycles. The lowest BCUT2D eigenvalue weighted by molar-refractivity contribution is 0.363. The van der Waals surface area contributed by atoms with Gasteiger partial charge in [0.2, 0.25) is 6.39 Å². The molecular formula is C11H19N3O. The summed E-state index contributed by atoms with van der Waals surface area (Å²) in [6.45, 7) is 4.41. The molecule has 1 aromatic rings. The molecule has 0 bridgehead atoms. The predicted octanol–water partition coefficient (Wildman–Crippen LogP) is 2.48. The molecular weight excluding hydrogens is 190 g/mol. The second kappa shape index (κ2) is 5.14. The van der Waals surface area contributed by atoms with E-state index in [9.17, 15) is 0 Å². The summed E-state index contributed by atoms with van der Waals surface area (Å²) < 4.78 is 4.76. The molecule has 2 rings (SSSR count). The summed E-state index contributed by atoms with van der Waals surface area (Å²) in [6.07, 6.45) is 8.01. The van der Waals surface area contributed by atoms with Crippen molar-refractivity contribution in [3.8, 4) is 0 Å². The van der Waals surface area contributed by atoms with Gasteiger partial charge in [-0.25, -0.2) is 0 Å². The minimum Gasteiger partial charge on any atom is -0.341 e. The number of hydrogen-bond donors (Lipinski definition) is 0. The van der Waals surface area contributed by atoms with E-state index < -0.39 is 0 Å². The Morgan fingerprint density at radius 1 is 1.47 bits per heavy atom. The molecule has 0 aromatic carbocycles. The fourth-order valence-corrected chi connectivity index (χ4v) is 2.22. The van der Waals surface area contributed by atoms with Crippen LogP contribution in [0.5, 0.6) is 0 Å². The molecule has 1 aliphatic heterocycles. The highest BCUT2D eigenvalue weighted by Gasteiger charge is 2.20. The zero-order valence-corrected chi connectivity index (χ0v) is 9.35. The maximum Gasteiger partial charge on any atom is 0.265 e. The molecule has 15 heavy (non-hydrogen) atoms. The first-order valence-corrected chi connectivity index (χ1v) is 5.91. The van der Waals surface area contributed by atoms with E-state index in [0.29, 0.717) is 0 Å². The topological polar surface area (TPSA) is 42.2 Å². The minimum atomic E-state index is 0.754. The molecule has 4 nitrogen and oxygen atoms in total. The summed E-state index contributed by atoms with van der Waals surface area (Å²) in [5.41, 5.74) is 0. The highest BCUT2D eigenvalue weighted by atomic mass is 16.5. The summed E-state index contributed by atoms with van der Waals surface area (Å²) in [4.78, 5) is 6.29. The molecule has 0 radical (unpaired) electrons. The second-order valence-corrected chi connectivity index (χ2v) is 4.30. The van der Waals surface area contributed by atoms with Gasteiger partial charge < -0.3 is 9.42 Å². The van der Waals surface area contributed by atoms with E-state index in [1.807, 2.05) is 0 Å². The van der Waals surface area contributed by atoms with Gasteiger partial charge in [-0.2, -0.15) is 4.98 Å². The highest BCUT2D eigenvalue weighted by molar-refractivity contribution is 5.26. The molecule has 1 aromatic heterocycles. The van der Waals surface area contributed by atoms with Crippen molar-refractivity contribution in [3.63, 3.8) is 0 Å². The van der Waals surface area contributed by atoms with Gasteiger partial charge in [0.1, 0.15) is 0 Å². The van der Waals surface area contributed by atoms with Crippen LogP contribution >= 0.6 is 0 Å². The van der Waals surface area contributed by atoms with Crippen molar-refractivity contribution >= 4 is 5.95 Å². The molecule has 0 unspecified atom stereocenters. The number of anilines is 1. The van der Waals surface area contributed by atoms with Gasteiger partial charge in [-0.05, 0) is 23.9 Å². The van der Waals surface area contributed by atoms with Gasteiger partial charge >= 0.3 is 0 Å². The molecule has 1 aliphatic rings. The van der Waals surface area contributed by atoms with Crippen LogP contribution in [0.3, 0.4) is 0 Å². The number of unbranched alkanes of at least 4 members (excludes halogenated alkanes) is 1. The maximum atomic E-state index is 4.76. The van der Waals surface area contributed by atoms with E-state index in [1.54, 1.807) is 0 Å². The lowest BCUT2D eigenvalue weighted by Gasteiger charge is -2.30. The lowest BCUT2D eigenvalue weighted by atomic mass is 9.92. The van der Waals surface area contributed by atoms with Crippen molar-refractivity contribution in [2.24, 2.45) is 5.92 Å². The first kappa shape index (κ1) is 10.5. The SMILES string of the molecule is CCCCC1CCN(c2ncon2)CC1. The third-order valence-corrected chi connectivity index (χ3v) is 3.21. The lowest BCUT2D eigenvalue weighted by Crippen LogP contribution is -2.34. The average molecular weight is 209 g/mol. The summed E-state index contributed by atoms with van der Waals surface area (Å²) >= 11 is 0. The Morgan fingerprint density at radius 2 is 2.27 bits per heavy atom. The standard InChI is InChI=1S/C11H19N3O/c1-2-3-4-10-5-7-14(8-6-10)11-12-9-15-13-11/h9-10H,2-8H2,1H3. The van der Waals surface area contributed by atoms with Crippen molar-refractivity contribution in [1.29, 1.82) is 0 Å². The fraction of sp³-hybridized carbons (Fsp3) is 0.818. The number of piperidine rings is 1. The Bertz CT molecular complexity index is 265. The van der Waals surface area contributed by atoms with E-state index in [1.165, 1.54) is 38.5 Å². The molecule has 0 atom stereocenters. The van der Waals surface area contributed by atoms with Gasteiger partial charge in [-0.15, -0.1) is 0 Å². The van der Waals surface area contributed by atoms with Crippen molar-refractivity contribution in [2.75, 3.05) is 18.0 Å². The van der Waals surface area contributed by atoms with Crippen LogP contribution in [0.2, 0.25) is 0 Å². The predicted molar refractivity (Wildman–Crippen MR) is 58.8 cm³/mol. The largest absolute Gasteiger partial charge is 0.341 e. The van der Waals surface area contributed by atoms with Crippen molar-refractivity contribution in [2.45, 2.75) is 39.0 Å². The van der Waals surface area contributed by atoms with E-state index >= 15 is 0 Å². The number of hydrogen-bond acceptors (Lipinski definition) is 4. The number of rotatable bonds is 4. The van der Waals surface area contributed by atoms with Gasteiger partial charge in [0.15, 0.2) is 0 Å². The Morgan fingerprint density at radius 3 is 2.87 bits per heavy atom. The molecule has 0 spiro atoms. The van der Waals surface area contributed by atoms with Crippen molar-refractivity contribution < 1.29 is 4.52 Å². The third-order valence-electron chi connectivity index (χ3n) is 3.21. The Labute approximate surface area is 90.7 Å². The molecule has 0 N–H and O–H groups in total. The first-order chi connectivity index (χ1) is 7.40. The van der Waals surface area contributed by atoms with Crippen LogP contribution in [0.4, 0.5) is 5.95 Å². The van der Waals surface area contributed by atoms with E-state index in [2.05, 4.69) is 22.0 Å². The van der Waals surface area contributed by atoms with Gasteiger partial charge in [0.25, 0.3) is 5.95 Å². The Hall–Kier alpha value is -1.06.